The zero-order chi connectivity index (χ0) is 39.6. The zero-order valence-electron chi connectivity index (χ0n) is 34.1. The van der Waals surface area contributed by atoms with Crippen molar-refractivity contribution in [3.8, 4) is 33.8 Å². The van der Waals surface area contributed by atoms with Gasteiger partial charge in [-0.2, -0.15) is 0 Å². The molecule has 5 aromatic rings. The van der Waals surface area contributed by atoms with Crippen molar-refractivity contribution in [2.75, 3.05) is 13.2 Å². The number of ether oxygens (including phenoxy) is 2. The fourth-order valence-corrected chi connectivity index (χ4v) is 8.38. The van der Waals surface area contributed by atoms with Crippen LogP contribution < -0.4 is 9.47 Å². The van der Waals surface area contributed by atoms with Crippen molar-refractivity contribution in [3.05, 3.63) is 105 Å². The second-order valence-corrected chi connectivity index (χ2v) is 16.2. The topological polar surface area (TPSA) is 75.8 Å². The Kier molecular flexibility index (Phi) is 13.8. The van der Waals surface area contributed by atoms with Crippen LogP contribution in [0.3, 0.4) is 0 Å². The monoisotopic (exact) mass is 824 g/mol. The van der Waals surface area contributed by atoms with Gasteiger partial charge in [-0.15, -0.1) is 0 Å². The Labute approximate surface area is 347 Å². The van der Waals surface area contributed by atoms with Crippen LogP contribution in [0.1, 0.15) is 125 Å². The molecule has 2 N–H and O–H groups in total. The Bertz CT molecular complexity index is 2340. The van der Waals surface area contributed by atoms with Gasteiger partial charge >= 0.3 is 0 Å². The number of nitrogens with zero attached hydrogens (tertiary/aromatic N) is 2. The van der Waals surface area contributed by atoms with Crippen molar-refractivity contribution in [2.45, 2.75) is 105 Å². The summed E-state index contributed by atoms with van der Waals surface area (Å²) in [6.07, 6.45) is 23.1. The average Bonchev–Trinajstić information content (AvgIpc) is 4.05. The molecule has 3 aromatic heterocycles. The first kappa shape index (κ1) is 40.3. The predicted octanol–water partition coefficient (Wildman–Crippen LogP) is 14.8. The SMILES string of the molecule is CCCCCCCCOc1cccc(C)c1-c1c2nc(c(Br)c3ccc([nH]3)c(-c3c(C)cccc3OCCCCCCCC)c3nc(cc4ccc1[nH]4)C=C3)C=C2. The fraction of sp³-hybridized carbons (Fsp3) is 0.360. The molecule has 2 aliphatic rings. The van der Waals surface area contributed by atoms with Crippen LogP contribution in [0.25, 0.3) is 68.6 Å². The van der Waals surface area contributed by atoms with E-state index in [0.717, 1.165) is 107 Å². The van der Waals surface area contributed by atoms with Gasteiger partial charge in [0.05, 0.1) is 46.0 Å². The van der Waals surface area contributed by atoms with Crippen LogP contribution in [-0.4, -0.2) is 33.1 Å². The molecule has 2 aromatic carbocycles. The van der Waals surface area contributed by atoms with Crippen LogP contribution in [0.15, 0.2) is 71.2 Å². The van der Waals surface area contributed by atoms with Crippen LogP contribution in [0.5, 0.6) is 11.5 Å². The number of H-pyrrole nitrogens is 2. The van der Waals surface area contributed by atoms with Crippen molar-refractivity contribution in [1.29, 1.82) is 0 Å². The second kappa shape index (κ2) is 19.5. The number of aryl methyl sites for hydroxylation is 2. The molecule has 57 heavy (non-hydrogen) atoms. The molecule has 0 amide bonds. The second-order valence-electron chi connectivity index (χ2n) is 15.4. The summed E-state index contributed by atoms with van der Waals surface area (Å²) in [7, 11) is 0. The lowest BCUT2D eigenvalue weighted by molar-refractivity contribution is 0.305. The highest BCUT2D eigenvalue weighted by atomic mass is 79.9. The maximum absolute atomic E-state index is 6.57. The summed E-state index contributed by atoms with van der Waals surface area (Å²) >= 11 is 3.96. The summed E-state index contributed by atoms with van der Waals surface area (Å²) in [5, 5.41) is 0. The van der Waals surface area contributed by atoms with Crippen molar-refractivity contribution in [1.82, 2.24) is 19.9 Å². The third kappa shape index (κ3) is 9.64. The Hall–Kier alpha value is -4.88. The third-order valence-electron chi connectivity index (χ3n) is 11.0. The number of rotatable bonds is 18. The minimum Gasteiger partial charge on any atom is -0.493 e. The Balaban J connectivity index is 1.34. The van der Waals surface area contributed by atoms with Gasteiger partial charge < -0.3 is 19.4 Å². The number of hydrogen-bond donors (Lipinski definition) is 2. The molecule has 2 aliphatic heterocycles. The molecule has 7 rings (SSSR count). The first-order valence-corrected chi connectivity index (χ1v) is 22.0. The molecule has 5 heterocycles. The van der Waals surface area contributed by atoms with Gasteiger partial charge in [-0.05, 0) is 121 Å². The molecule has 296 valence electrons. The summed E-state index contributed by atoms with van der Waals surface area (Å²) in [6, 6.07) is 23.3. The zero-order valence-corrected chi connectivity index (χ0v) is 35.7. The minimum absolute atomic E-state index is 0.688. The number of benzene rings is 2. The molecule has 0 saturated heterocycles. The number of fused-ring (bicyclic) bond motifs is 8. The average molecular weight is 826 g/mol. The molecule has 0 aliphatic carbocycles. The molecular formula is C50H57BrN4O2. The highest BCUT2D eigenvalue weighted by molar-refractivity contribution is 9.10. The molecule has 6 nitrogen and oxygen atoms in total. The van der Waals surface area contributed by atoms with Gasteiger partial charge in [-0.1, -0.05) is 102 Å². The highest BCUT2D eigenvalue weighted by Crippen LogP contribution is 2.41. The molecule has 0 saturated carbocycles. The summed E-state index contributed by atoms with van der Waals surface area (Å²) < 4.78 is 14.0. The number of aromatic nitrogens is 4. The fourth-order valence-electron chi connectivity index (χ4n) is 7.92. The lowest BCUT2D eigenvalue weighted by atomic mass is 9.97. The lowest BCUT2D eigenvalue weighted by Gasteiger charge is -2.15. The molecule has 7 heteroatoms. The molecule has 0 fully saturated rings. The van der Waals surface area contributed by atoms with Gasteiger partial charge in [-0.3, -0.25) is 0 Å². The largest absolute Gasteiger partial charge is 0.493 e. The van der Waals surface area contributed by atoms with Gasteiger partial charge in [0, 0.05) is 38.8 Å². The summed E-state index contributed by atoms with van der Waals surface area (Å²) in [5.41, 5.74) is 13.7. The quantitative estimate of drug-likeness (QED) is 0.0845. The van der Waals surface area contributed by atoms with E-state index in [9.17, 15) is 0 Å². The van der Waals surface area contributed by atoms with Gasteiger partial charge in [0.25, 0.3) is 0 Å². The molecular weight excluding hydrogens is 768 g/mol. The number of halogens is 1. The number of hydrogen-bond acceptors (Lipinski definition) is 4. The smallest absolute Gasteiger partial charge is 0.127 e. The van der Waals surface area contributed by atoms with Crippen LogP contribution in [0.2, 0.25) is 0 Å². The van der Waals surface area contributed by atoms with Crippen molar-refractivity contribution < 1.29 is 9.47 Å². The lowest BCUT2D eigenvalue weighted by Crippen LogP contribution is -2.01. The van der Waals surface area contributed by atoms with Crippen molar-refractivity contribution in [3.63, 3.8) is 0 Å². The van der Waals surface area contributed by atoms with Gasteiger partial charge in [0.2, 0.25) is 0 Å². The van der Waals surface area contributed by atoms with Gasteiger partial charge in [0.1, 0.15) is 11.5 Å². The van der Waals surface area contributed by atoms with E-state index in [0.29, 0.717) is 13.2 Å². The van der Waals surface area contributed by atoms with Gasteiger partial charge in [-0.25, -0.2) is 9.97 Å². The third-order valence-corrected chi connectivity index (χ3v) is 11.8. The molecule has 0 atom stereocenters. The Morgan fingerprint density at radius 1 is 0.509 bits per heavy atom. The first-order chi connectivity index (χ1) is 27.9. The predicted molar refractivity (Wildman–Crippen MR) is 245 cm³/mol. The van der Waals surface area contributed by atoms with E-state index in [1.54, 1.807) is 0 Å². The normalized spacial score (nSPS) is 12.1. The van der Waals surface area contributed by atoms with E-state index in [1.165, 1.54) is 64.2 Å². The Morgan fingerprint density at radius 3 is 1.65 bits per heavy atom. The standard InChI is InChI=1S/C50H57BrN4O2/c1-5-7-9-11-13-15-31-56-44-21-17-19-34(3)46(44)48-38-25-23-36(52-38)33-37-24-26-39(53-37)49(41-28-30-43(55-41)50(51)42-29-27-40(48)54-42)47-35(4)20-18-22-45(47)57-32-16-14-12-10-8-6-2/h17-30,33,52,55H,5-16,31-32H2,1-4H3. The molecule has 0 spiro atoms. The molecule has 8 bridgehead atoms. The number of nitrogens with one attached hydrogen (secondary N) is 2. The maximum Gasteiger partial charge on any atom is 0.127 e. The first-order valence-electron chi connectivity index (χ1n) is 21.2. The van der Waals surface area contributed by atoms with Crippen molar-refractivity contribution >= 4 is 62.3 Å². The van der Waals surface area contributed by atoms with Crippen LogP contribution >= 0.6 is 15.9 Å². The van der Waals surface area contributed by atoms with Gasteiger partial charge in [0.15, 0.2) is 0 Å². The Morgan fingerprint density at radius 2 is 1.02 bits per heavy atom. The number of aromatic amines is 2. The van der Waals surface area contributed by atoms with E-state index >= 15 is 0 Å². The van der Waals surface area contributed by atoms with E-state index in [4.69, 9.17) is 19.4 Å². The highest BCUT2D eigenvalue weighted by Gasteiger charge is 2.20. The summed E-state index contributed by atoms with van der Waals surface area (Å²) in [6.45, 7) is 10.2. The van der Waals surface area contributed by atoms with E-state index in [1.807, 2.05) is 0 Å². The van der Waals surface area contributed by atoms with Crippen LogP contribution in [0, 0.1) is 13.8 Å². The van der Waals surface area contributed by atoms with E-state index < -0.39 is 0 Å². The minimum atomic E-state index is 0.688. The van der Waals surface area contributed by atoms with E-state index in [2.05, 4.69) is 145 Å². The maximum atomic E-state index is 6.57. The number of unbranched alkanes of at least 4 members (excludes halogenated alkanes) is 10. The van der Waals surface area contributed by atoms with Crippen LogP contribution in [0.4, 0.5) is 0 Å². The molecule has 0 unspecified atom stereocenters. The van der Waals surface area contributed by atoms with E-state index in [-0.39, 0.29) is 0 Å². The van der Waals surface area contributed by atoms with Crippen molar-refractivity contribution in [2.24, 2.45) is 0 Å². The summed E-state index contributed by atoms with van der Waals surface area (Å²) in [4.78, 5) is 18.0. The van der Waals surface area contributed by atoms with Crippen LogP contribution in [-0.2, 0) is 0 Å². The molecule has 0 radical (unpaired) electrons. The summed E-state index contributed by atoms with van der Waals surface area (Å²) in [5.74, 6) is 1.76.